The molecule has 1 nitrogen and oxygen atoms in total. The third-order valence-corrected chi connectivity index (χ3v) is 2.83. The smallest absolute Gasteiger partial charge is 0.0914 e. The van der Waals surface area contributed by atoms with E-state index in [9.17, 15) is 0 Å². The summed E-state index contributed by atoms with van der Waals surface area (Å²) in [4.78, 5) is 0. The van der Waals surface area contributed by atoms with Crippen LogP contribution < -0.4 is 0 Å². The van der Waals surface area contributed by atoms with Crippen LogP contribution in [0.2, 0.25) is 0 Å². The third kappa shape index (κ3) is 2.59. The van der Waals surface area contributed by atoms with Crippen LogP contribution in [0.1, 0.15) is 6.92 Å². The molecule has 0 aliphatic carbocycles. The minimum Gasteiger partial charge on any atom is -0.369 e. The Morgan fingerprint density at radius 1 is 1.33 bits per heavy atom. The van der Waals surface area contributed by atoms with Gasteiger partial charge in [0.2, 0.25) is 0 Å². The fraction of sp³-hybridized carbons (Fsp3) is 1.00. The van der Waals surface area contributed by atoms with Gasteiger partial charge in [-0.05, 0) is 25.7 Å². The van der Waals surface area contributed by atoms with E-state index in [4.69, 9.17) is 4.74 Å². The van der Waals surface area contributed by atoms with Gasteiger partial charge in [-0.2, -0.15) is 0 Å². The van der Waals surface area contributed by atoms with Crippen molar-refractivity contribution in [2.75, 3.05) is 24.5 Å². The van der Waals surface area contributed by atoms with Crippen molar-refractivity contribution in [1.29, 1.82) is 0 Å². The average molecular weight is 148 g/mol. The maximum absolute atomic E-state index is 5.31. The van der Waals surface area contributed by atoms with Crippen LogP contribution in [0, 0.1) is 0 Å². The van der Waals surface area contributed by atoms with E-state index >= 15 is 0 Å². The summed E-state index contributed by atoms with van der Waals surface area (Å²) in [6.45, 7) is 2.15. The Kier molecular flexibility index (Phi) is 1.79. The van der Waals surface area contributed by atoms with E-state index < -0.39 is 0 Å². The van der Waals surface area contributed by atoms with E-state index in [0.29, 0.717) is 12.2 Å². The molecule has 56 valence electrons. The lowest BCUT2D eigenvalue weighted by Crippen LogP contribution is -2.06. The largest absolute Gasteiger partial charge is 0.369 e. The first kappa shape index (κ1) is 7.42. The van der Waals surface area contributed by atoms with Crippen LogP contribution in [0.4, 0.5) is 0 Å². The Hall–Kier alpha value is 0.310. The predicted molar refractivity (Wildman–Crippen MR) is 44.6 cm³/mol. The van der Waals surface area contributed by atoms with E-state index in [2.05, 4.69) is 25.7 Å². The Labute approximate surface area is 59.1 Å². The number of ether oxygens (including phenoxy) is 1. The molecule has 0 N–H and O–H groups in total. The molecule has 1 aliphatic heterocycles. The molecule has 1 saturated heterocycles. The summed E-state index contributed by atoms with van der Waals surface area (Å²) in [6.07, 6.45) is 8.15. The van der Waals surface area contributed by atoms with Crippen molar-refractivity contribution in [2.24, 2.45) is 0 Å². The van der Waals surface area contributed by atoms with Crippen LogP contribution in [0.25, 0.3) is 0 Å². The molecule has 0 aromatic carbocycles. The fourth-order valence-corrected chi connectivity index (χ4v) is 2.23. The summed E-state index contributed by atoms with van der Waals surface area (Å²) < 4.78 is 5.31. The minimum atomic E-state index is -0.319. The fourth-order valence-electron chi connectivity index (χ4n) is 0.898. The van der Waals surface area contributed by atoms with Crippen LogP contribution in [0.5, 0.6) is 0 Å². The van der Waals surface area contributed by atoms with Crippen molar-refractivity contribution in [2.45, 2.75) is 19.1 Å². The summed E-state index contributed by atoms with van der Waals surface area (Å²) in [6, 6.07) is 0. The van der Waals surface area contributed by atoms with Gasteiger partial charge in [0.25, 0.3) is 0 Å². The zero-order valence-corrected chi connectivity index (χ0v) is 7.49. The molecular formula is C7H16OS. The Morgan fingerprint density at radius 2 is 1.78 bits per heavy atom. The second kappa shape index (κ2) is 2.17. The van der Waals surface area contributed by atoms with Crippen LogP contribution >= 0.6 is 10.0 Å². The van der Waals surface area contributed by atoms with E-state index in [1.54, 1.807) is 0 Å². The van der Waals surface area contributed by atoms with E-state index in [1.807, 2.05) is 0 Å². The first-order chi connectivity index (χ1) is 3.99. The van der Waals surface area contributed by atoms with Gasteiger partial charge >= 0.3 is 0 Å². The van der Waals surface area contributed by atoms with Gasteiger partial charge in [-0.3, -0.25) is 0 Å². The van der Waals surface area contributed by atoms with Gasteiger partial charge in [0, 0.05) is 5.75 Å². The van der Waals surface area contributed by atoms with Crippen LogP contribution in [-0.4, -0.2) is 36.7 Å². The molecule has 1 heterocycles. The highest BCUT2D eigenvalue weighted by Gasteiger charge is 2.35. The highest BCUT2D eigenvalue weighted by atomic mass is 32.3. The van der Waals surface area contributed by atoms with E-state index in [1.165, 1.54) is 5.75 Å². The summed E-state index contributed by atoms with van der Waals surface area (Å²) in [5.74, 6) is 1.29. The Bertz CT molecular complexity index is 106. The second-order valence-electron chi connectivity index (χ2n) is 3.64. The highest BCUT2D eigenvalue weighted by molar-refractivity contribution is 8.32. The second-order valence-corrected chi connectivity index (χ2v) is 8.15. The van der Waals surface area contributed by atoms with Crippen LogP contribution in [-0.2, 0) is 4.74 Å². The summed E-state index contributed by atoms with van der Waals surface area (Å²) in [7, 11) is -0.319. The Balaban J connectivity index is 2.19. The zero-order chi connectivity index (χ0) is 7.07. The molecule has 0 spiro atoms. The molecule has 1 fully saturated rings. The molecule has 0 aromatic rings. The SMILES string of the molecule is CC1OC1CS(C)(C)C. The standard InChI is InChI=1S/C7H16OS/c1-6-7(8-6)5-9(2,3)4/h6-7H,5H2,1-4H3. The first-order valence-corrected chi connectivity index (χ1v) is 6.33. The van der Waals surface area contributed by atoms with Gasteiger partial charge in [-0.1, -0.05) is 0 Å². The maximum atomic E-state index is 5.31. The average Bonchev–Trinajstić information content (AvgIpc) is 2.13. The number of rotatable bonds is 2. The molecule has 2 unspecified atom stereocenters. The maximum Gasteiger partial charge on any atom is 0.0914 e. The quantitative estimate of drug-likeness (QED) is 0.540. The number of hydrogen-bond donors (Lipinski definition) is 0. The lowest BCUT2D eigenvalue weighted by Gasteiger charge is -2.23. The van der Waals surface area contributed by atoms with Gasteiger partial charge < -0.3 is 4.74 Å². The molecule has 0 aromatic heterocycles. The first-order valence-electron chi connectivity index (χ1n) is 3.30. The molecule has 9 heavy (non-hydrogen) atoms. The molecule has 0 saturated carbocycles. The lowest BCUT2D eigenvalue weighted by atomic mass is 10.4. The topological polar surface area (TPSA) is 12.5 Å². The molecule has 0 amide bonds. The number of hydrogen-bond acceptors (Lipinski definition) is 1. The molecule has 2 heteroatoms. The molecule has 0 bridgehead atoms. The molecular weight excluding hydrogens is 132 g/mol. The minimum absolute atomic E-state index is 0.319. The van der Waals surface area contributed by atoms with Crippen molar-refractivity contribution >= 4 is 10.0 Å². The van der Waals surface area contributed by atoms with E-state index in [-0.39, 0.29) is 10.0 Å². The van der Waals surface area contributed by atoms with E-state index in [0.717, 1.165) is 0 Å². The summed E-state index contributed by atoms with van der Waals surface area (Å²) in [5.41, 5.74) is 0. The van der Waals surface area contributed by atoms with Gasteiger partial charge in [0.05, 0.1) is 12.2 Å². The van der Waals surface area contributed by atoms with Crippen molar-refractivity contribution in [3.05, 3.63) is 0 Å². The van der Waals surface area contributed by atoms with Gasteiger partial charge in [0.15, 0.2) is 0 Å². The Morgan fingerprint density at radius 3 is 1.89 bits per heavy atom. The summed E-state index contributed by atoms with van der Waals surface area (Å²) >= 11 is 0. The monoisotopic (exact) mass is 148 g/mol. The molecule has 2 atom stereocenters. The number of epoxide rings is 1. The van der Waals surface area contributed by atoms with Gasteiger partial charge in [-0.25, -0.2) is 10.0 Å². The van der Waals surface area contributed by atoms with Crippen LogP contribution in [0.15, 0.2) is 0 Å². The third-order valence-electron chi connectivity index (χ3n) is 1.50. The van der Waals surface area contributed by atoms with Crippen molar-refractivity contribution in [3.63, 3.8) is 0 Å². The van der Waals surface area contributed by atoms with Crippen LogP contribution in [0.3, 0.4) is 0 Å². The lowest BCUT2D eigenvalue weighted by molar-refractivity contribution is 0.390. The van der Waals surface area contributed by atoms with Gasteiger partial charge in [0.1, 0.15) is 0 Å². The van der Waals surface area contributed by atoms with Crippen molar-refractivity contribution in [3.8, 4) is 0 Å². The van der Waals surface area contributed by atoms with Gasteiger partial charge in [-0.15, -0.1) is 0 Å². The molecule has 1 aliphatic rings. The predicted octanol–water partition coefficient (Wildman–Crippen LogP) is 1.47. The zero-order valence-electron chi connectivity index (χ0n) is 6.68. The highest BCUT2D eigenvalue weighted by Crippen LogP contribution is 2.40. The van der Waals surface area contributed by atoms with Crippen molar-refractivity contribution < 1.29 is 4.74 Å². The molecule has 0 radical (unpaired) electrons. The summed E-state index contributed by atoms with van der Waals surface area (Å²) in [5, 5.41) is 0. The van der Waals surface area contributed by atoms with Crippen molar-refractivity contribution in [1.82, 2.24) is 0 Å². The molecule has 1 rings (SSSR count). The normalized spacial score (nSPS) is 36.4.